The van der Waals surface area contributed by atoms with Crippen LogP contribution in [0.2, 0.25) is 0 Å². The average Bonchev–Trinajstić information content (AvgIpc) is 2.93. The van der Waals surface area contributed by atoms with E-state index in [0.717, 1.165) is 0 Å². The van der Waals surface area contributed by atoms with Crippen molar-refractivity contribution in [3.63, 3.8) is 0 Å². The molecule has 3 rings (SSSR count). The lowest BCUT2D eigenvalue weighted by Gasteiger charge is -2.17. The van der Waals surface area contributed by atoms with Gasteiger partial charge in [0.1, 0.15) is 0 Å². The lowest BCUT2D eigenvalue weighted by atomic mass is 10.0. The van der Waals surface area contributed by atoms with Gasteiger partial charge in [-0.15, -0.1) is 0 Å². The van der Waals surface area contributed by atoms with Gasteiger partial charge >= 0.3 is 0 Å². The number of nitrogens with two attached hydrogens (primary N) is 1. The number of hydrogen-bond donors (Lipinski definition) is 1. The van der Waals surface area contributed by atoms with E-state index in [-0.39, 0.29) is 36.3 Å². The summed E-state index contributed by atoms with van der Waals surface area (Å²) < 4.78 is 22.5. The van der Waals surface area contributed by atoms with Crippen LogP contribution in [0.4, 0.5) is 5.69 Å². The van der Waals surface area contributed by atoms with Gasteiger partial charge in [-0.2, -0.15) is 0 Å². The molecule has 2 N–H and O–H groups in total. The van der Waals surface area contributed by atoms with Crippen LogP contribution >= 0.6 is 0 Å². The third-order valence-corrected chi connectivity index (χ3v) is 5.07. The SMILES string of the molecule is NS(=O)(=O)CC1CC(=O)N(c2cccc(C(=O)c3ccccc3)c2)C1. The highest BCUT2D eigenvalue weighted by Crippen LogP contribution is 2.27. The van der Waals surface area contributed by atoms with Crippen molar-refractivity contribution < 1.29 is 18.0 Å². The second kappa shape index (κ2) is 6.78. The van der Waals surface area contributed by atoms with E-state index in [2.05, 4.69) is 0 Å². The van der Waals surface area contributed by atoms with Crippen LogP contribution in [0.15, 0.2) is 54.6 Å². The summed E-state index contributed by atoms with van der Waals surface area (Å²) in [6, 6.07) is 15.7. The van der Waals surface area contributed by atoms with Gasteiger partial charge in [0.05, 0.1) is 5.75 Å². The van der Waals surface area contributed by atoms with Crippen molar-refractivity contribution in [3.05, 3.63) is 65.7 Å². The number of carbonyl (C=O) groups excluding carboxylic acids is 2. The summed E-state index contributed by atoms with van der Waals surface area (Å²) in [6.07, 6.45) is 0.132. The summed E-state index contributed by atoms with van der Waals surface area (Å²) in [7, 11) is -3.63. The normalized spacial score (nSPS) is 17.7. The first-order valence-corrected chi connectivity index (χ1v) is 9.56. The Hall–Kier alpha value is -2.51. The number of sulfonamides is 1. The third-order valence-electron chi connectivity index (χ3n) is 4.13. The summed E-state index contributed by atoms with van der Waals surface area (Å²) >= 11 is 0. The zero-order valence-electron chi connectivity index (χ0n) is 13.5. The first kappa shape index (κ1) is 17.3. The largest absolute Gasteiger partial charge is 0.312 e. The predicted molar refractivity (Wildman–Crippen MR) is 94.8 cm³/mol. The number of nitrogens with zero attached hydrogens (tertiary/aromatic N) is 1. The number of carbonyl (C=O) groups is 2. The molecule has 0 spiro atoms. The maximum absolute atomic E-state index is 12.5. The van der Waals surface area contributed by atoms with Gasteiger partial charge in [-0.05, 0) is 12.1 Å². The number of amides is 1. The molecule has 1 aliphatic heterocycles. The summed E-state index contributed by atoms with van der Waals surface area (Å²) in [5.41, 5.74) is 1.63. The molecule has 0 bridgehead atoms. The fraction of sp³-hybridized carbons (Fsp3) is 0.222. The number of primary sulfonamides is 1. The number of rotatable bonds is 5. The fourth-order valence-corrected chi connectivity index (χ4v) is 3.92. The molecule has 0 aliphatic carbocycles. The van der Waals surface area contributed by atoms with E-state index < -0.39 is 10.0 Å². The maximum Gasteiger partial charge on any atom is 0.227 e. The fourth-order valence-electron chi connectivity index (χ4n) is 3.04. The average molecular weight is 358 g/mol. The summed E-state index contributed by atoms with van der Waals surface area (Å²) in [6.45, 7) is 0.276. The van der Waals surface area contributed by atoms with E-state index in [0.29, 0.717) is 16.8 Å². The summed E-state index contributed by atoms with van der Waals surface area (Å²) in [5, 5.41) is 5.07. The van der Waals surface area contributed by atoms with Gasteiger partial charge in [-0.3, -0.25) is 9.59 Å². The molecule has 2 aromatic carbocycles. The van der Waals surface area contributed by atoms with E-state index in [1.807, 2.05) is 6.07 Å². The third kappa shape index (κ3) is 4.12. The Morgan fingerprint density at radius 3 is 2.44 bits per heavy atom. The molecule has 1 heterocycles. The van der Waals surface area contributed by atoms with Crippen molar-refractivity contribution in [2.75, 3.05) is 17.2 Å². The van der Waals surface area contributed by atoms with Crippen LogP contribution in [0.3, 0.4) is 0 Å². The molecule has 1 aliphatic rings. The molecule has 1 amide bonds. The van der Waals surface area contributed by atoms with Gasteiger partial charge in [0.15, 0.2) is 5.78 Å². The molecule has 1 atom stereocenters. The van der Waals surface area contributed by atoms with Crippen LogP contribution in [0.25, 0.3) is 0 Å². The van der Waals surface area contributed by atoms with E-state index in [1.54, 1.807) is 48.5 Å². The minimum atomic E-state index is -3.63. The predicted octanol–water partition coefficient (Wildman–Crippen LogP) is 1.56. The van der Waals surface area contributed by atoms with Gasteiger partial charge in [0.25, 0.3) is 0 Å². The Kier molecular flexibility index (Phi) is 4.69. The van der Waals surface area contributed by atoms with Crippen LogP contribution in [0.5, 0.6) is 0 Å². The molecular weight excluding hydrogens is 340 g/mol. The highest BCUT2D eigenvalue weighted by molar-refractivity contribution is 7.89. The standard InChI is InChI=1S/C18H18N2O4S/c19-25(23,24)12-13-9-17(21)20(11-13)16-8-4-7-15(10-16)18(22)14-5-2-1-3-6-14/h1-8,10,13H,9,11-12H2,(H2,19,23,24). The van der Waals surface area contributed by atoms with Crippen LogP contribution in [-0.4, -0.2) is 32.4 Å². The van der Waals surface area contributed by atoms with E-state index >= 15 is 0 Å². The number of hydrogen-bond acceptors (Lipinski definition) is 4. The number of benzene rings is 2. The van der Waals surface area contributed by atoms with Gasteiger partial charge in [-0.1, -0.05) is 42.5 Å². The lowest BCUT2D eigenvalue weighted by molar-refractivity contribution is -0.117. The number of ketones is 1. The molecule has 0 radical (unpaired) electrons. The minimum absolute atomic E-state index is 0.129. The zero-order chi connectivity index (χ0) is 18.0. The van der Waals surface area contributed by atoms with E-state index in [9.17, 15) is 18.0 Å². The Morgan fingerprint density at radius 1 is 1.08 bits per heavy atom. The summed E-state index contributed by atoms with van der Waals surface area (Å²) in [4.78, 5) is 26.3. The van der Waals surface area contributed by atoms with Crippen molar-refractivity contribution in [2.24, 2.45) is 11.1 Å². The van der Waals surface area contributed by atoms with Crippen LogP contribution in [0, 0.1) is 5.92 Å². The van der Waals surface area contributed by atoms with Gasteiger partial charge in [0, 0.05) is 35.7 Å². The molecule has 0 saturated carbocycles. The molecule has 6 nitrogen and oxygen atoms in total. The Morgan fingerprint density at radius 2 is 1.76 bits per heavy atom. The highest BCUT2D eigenvalue weighted by atomic mass is 32.2. The first-order valence-electron chi connectivity index (χ1n) is 7.84. The topological polar surface area (TPSA) is 97.5 Å². The van der Waals surface area contributed by atoms with Gasteiger partial charge < -0.3 is 4.90 Å². The van der Waals surface area contributed by atoms with E-state index in [4.69, 9.17) is 5.14 Å². The van der Waals surface area contributed by atoms with Crippen molar-refractivity contribution >= 4 is 27.4 Å². The van der Waals surface area contributed by atoms with Gasteiger partial charge in [0.2, 0.25) is 15.9 Å². The molecule has 0 aromatic heterocycles. The van der Waals surface area contributed by atoms with Crippen LogP contribution < -0.4 is 10.0 Å². The molecule has 130 valence electrons. The van der Waals surface area contributed by atoms with Crippen LogP contribution in [0.1, 0.15) is 22.3 Å². The van der Waals surface area contributed by atoms with Crippen molar-refractivity contribution in [1.29, 1.82) is 0 Å². The smallest absolute Gasteiger partial charge is 0.227 e. The zero-order valence-corrected chi connectivity index (χ0v) is 14.3. The Bertz CT molecular complexity index is 910. The number of anilines is 1. The molecule has 25 heavy (non-hydrogen) atoms. The van der Waals surface area contributed by atoms with Crippen molar-refractivity contribution in [2.45, 2.75) is 6.42 Å². The second-order valence-corrected chi connectivity index (χ2v) is 7.81. The van der Waals surface area contributed by atoms with Crippen molar-refractivity contribution in [1.82, 2.24) is 0 Å². The van der Waals surface area contributed by atoms with E-state index in [1.165, 1.54) is 4.90 Å². The quantitative estimate of drug-likeness (QED) is 0.820. The van der Waals surface area contributed by atoms with Gasteiger partial charge in [-0.25, -0.2) is 13.6 Å². The Balaban J connectivity index is 1.82. The molecule has 1 unspecified atom stereocenters. The molecule has 7 heteroatoms. The molecule has 2 aromatic rings. The monoisotopic (exact) mass is 358 g/mol. The highest BCUT2D eigenvalue weighted by Gasteiger charge is 2.33. The molecule has 1 saturated heterocycles. The molecule has 1 fully saturated rings. The lowest BCUT2D eigenvalue weighted by Crippen LogP contribution is -2.27. The summed E-state index contributed by atoms with van der Waals surface area (Å²) in [5.74, 6) is -0.859. The Labute approximate surface area is 146 Å². The molecular formula is C18H18N2O4S. The van der Waals surface area contributed by atoms with Crippen molar-refractivity contribution in [3.8, 4) is 0 Å². The second-order valence-electron chi connectivity index (χ2n) is 6.15. The first-order chi connectivity index (χ1) is 11.8. The van der Waals surface area contributed by atoms with Crippen LogP contribution in [-0.2, 0) is 14.8 Å². The maximum atomic E-state index is 12.5. The minimum Gasteiger partial charge on any atom is -0.312 e.